The fourth-order valence-electron chi connectivity index (χ4n) is 4.27. The zero-order valence-electron chi connectivity index (χ0n) is 17.4. The van der Waals surface area contributed by atoms with Gasteiger partial charge in [-0.05, 0) is 37.0 Å². The van der Waals surface area contributed by atoms with Gasteiger partial charge in [-0.3, -0.25) is 14.2 Å². The molecule has 2 aromatic carbocycles. The van der Waals surface area contributed by atoms with Crippen molar-refractivity contribution < 1.29 is 4.79 Å². The second-order valence-electron chi connectivity index (χ2n) is 7.90. The maximum absolute atomic E-state index is 13.2. The van der Waals surface area contributed by atoms with Crippen molar-refractivity contribution in [1.29, 1.82) is 0 Å². The standard InChI is InChI=1S/C25H23N3O2S/c1-16-21-24(27-20-14-6-3-9-15-28(20)25(21)30)31-22(16)23(29)26-19-13-8-7-12-18(19)17-10-4-2-5-11-17/h2,4-5,7-8,10-13H,3,6,9,14-15H2,1H3,(H,26,29). The lowest BCUT2D eigenvalue weighted by Gasteiger charge is -2.11. The molecule has 0 atom stereocenters. The van der Waals surface area contributed by atoms with E-state index < -0.39 is 0 Å². The van der Waals surface area contributed by atoms with Crippen molar-refractivity contribution in [3.05, 3.63) is 81.2 Å². The summed E-state index contributed by atoms with van der Waals surface area (Å²) >= 11 is 1.31. The molecule has 5 nitrogen and oxygen atoms in total. The molecule has 0 bridgehead atoms. The number of aryl methyl sites for hydroxylation is 2. The lowest BCUT2D eigenvalue weighted by molar-refractivity contribution is 0.103. The number of benzene rings is 2. The van der Waals surface area contributed by atoms with Crippen molar-refractivity contribution >= 4 is 33.1 Å². The molecule has 1 N–H and O–H groups in total. The maximum atomic E-state index is 13.2. The molecular weight excluding hydrogens is 406 g/mol. The van der Waals surface area contributed by atoms with E-state index >= 15 is 0 Å². The number of amides is 1. The molecule has 0 fully saturated rings. The molecule has 1 amide bonds. The second-order valence-corrected chi connectivity index (χ2v) is 8.90. The molecule has 0 spiro atoms. The summed E-state index contributed by atoms with van der Waals surface area (Å²) in [6.45, 7) is 2.56. The monoisotopic (exact) mass is 429 g/mol. The van der Waals surface area contributed by atoms with Crippen molar-refractivity contribution in [2.75, 3.05) is 5.32 Å². The first kappa shape index (κ1) is 19.7. The van der Waals surface area contributed by atoms with Gasteiger partial charge in [-0.15, -0.1) is 11.3 Å². The van der Waals surface area contributed by atoms with Gasteiger partial charge in [-0.25, -0.2) is 4.98 Å². The summed E-state index contributed by atoms with van der Waals surface area (Å²) in [5, 5.41) is 3.64. The number of thiophene rings is 1. The average molecular weight is 430 g/mol. The van der Waals surface area contributed by atoms with Gasteiger partial charge >= 0.3 is 0 Å². The van der Waals surface area contributed by atoms with E-state index in [0.717, 1.165) is 48.3 Å². The maximum Gasteiger partial charge on any atom is 0.266 e. The quantitative estimate of drug-likeness (QED) is 0.473. The third-order valence-electron chi connectivity index (χ3n) is 5.88. The van der Waals surface area contributed by atoms with Crippen molar-refractivity contribution in [3.63, 3.8) is 0 Å². The van der Waals surface area contributed by atoms with E-state index in [-0.39, 0.29) is 11.5 Å². The third kappa shape index (κ3) is 3.57. The van der Waals surface area contributed by atoms with Gasteiger partial charge in [-0.2, -0.15) is 0 Å². The summed E-state index contributed by atoms with van der Waals surface area (Å²) in [5.41, 5.74) is 3.44. The number of hydrogen-bond donors (Lipinski definition) is 1. The Labute approximate surface area is 184 Å². The summed E-state index contributed by atoms with van der Waals surface area (Å²) in [6, 6.07) is 17.7. The summed E-state index contributed by atoms with van der Waals surface area (Å²) < 4.78 is 1.81. The lowest BCUT2D eigenvalue weighted by atomic mass is 10.0. The molecule has 31 heavy (non-hydrogen) atoms. The second kappa shape index (κ2) is 8.12. The minimum atomic E-state index is -0.205. The van der Waals surface area contributed by atoms with Crippen LogP contribution in [0.3, 0.4) is 0 Å². The molecule has 3 heterocycles. The first-order valence-corrected chi connectivity index (χ1v) is 11.4. The number of fused-ring (bicyclic) bond motifs is 2. The third-order valence-corrected chi connectivity index (χ3v) is 7.06. The van der Waals surface area contributed by atoms with Gasteiger partial charge in [0.1, 0.15) is 10.7 Å². The summed E-state index contributed by atoms with van der Waals surface area (Å²) in [7, 11) is 0. The number of aromatic nitrogens is 2. The molecular formula is C25H23N3O2S. The number of nitrogens with one attached hydrogen (secondary N) is 1. The van der Waals surface area contributed by atoms with Crippen molar-refractivity contribution in [1.82, 2.24) is 9.55 Å². The molecule has 156 valence electrons. The Morgan fingerprint density at radius 1 is 1.03 bits per heavy atom. The molecule has 0 saturated carbocycles. The van der Waals surface area contributed by atoms with Crippen LogP contribution in [0, 0.1) is 6.92 Å². The van der Waals surface area contributed by atoms with Crippen LogP contribution in [0.15, 0.2) is 59.4 Å². The zero-order chi connectivity index (χ0) is 21.4. The average Bonchev–Trinajstić information content (AvgIpc) is 2.95. The largest absolute Gasteiger partial charge is 0.321 e. The van der Waals surface area contributed by atoms with Crippen molar-refractivity contribution in [2.24, 2.45) is 0 Å². The Bertz CT molecular complexity index is 1340. The first-order chi connectivity index (χ1) is 15.1. The molecule has 6 heteroatoms. The van der Waals surface area contributed by atoms with E-state index in [2.05, 4.69) is 5.32 Å². The van der Waals surface area contributed by atoms with Crippen molar-refractivity contribution in [3.8, 4) is 11.1 Å². The van der Waals surface area contributed by atoms with Gasteiger partial charge in [0.05, 0.1) is 10.3 Å². The van der Waals surface area contributed by atoms with Crippen LogP contribution in [0.25, 0.3) is 21.3 Å². The number of rotatable bonds is 3. The normalized spacial score (nSPS) is 13.6. The highest BCUT2D eigenvalue weighted by Gasteiger charge is 2.22. The van der Waals surface area contributed by atoms with Gasteiger partial charge in [-0.1, -0.05) is 55.0 Å². The summed E-state index contributed by atoms with van der Waals surface area (Å²) in [4.78, 5) is 32.4. The van der Waals surface area contributed by atoms with Crippen LogP contribution in [-0.4, -0.2) is 15.5 Å². The number of para-hydroxylation sites is 1. The van der Waals surface area contributed by atoms with Gasteiger partial charge in [0.2, 0.25) is 0 Å². The molecule has 1 aliphatic rings. The Morgan fingerprint density at radius 3 is 2.65 bits per heavy atom. The molecule has 0 radical (unpaired) electrons. The van der Waals surface area contributed by atoms with E-state index in [1.807, 2.05) is 61.5 Å². The van der Waals surface area contributed by atoms with Gasteiger partial charge in [0.15, 0.2) is 0 Å². The highest BCUT2D eigenvalue weighted by atomic mass is 32.1. The topological polar surface area (TPSA) is 64.0 Å². The van der Waals surface area contributed by atoms with Gasteiger partial charge in [0, 0.05) is 24.2 Å². The van der Waals surface area contributed by atoms with Crippen LogP contribution in [-0.2, 0) is 13.0 Å². The Kier molecular flexibility index (Phi) is 5.16. The van der Waals surface area contributed by atoms with Crippen LogP contribution in [0.1, 0.15) is 40.3 Å². The van der Waals surface area contributed by atoms with Crippen LogP contribution in [0.4, 0.5) is 5.69 Å². The molecule has 5 rings (SSSR count). The van der Waals surface area contributed by atoms with Crippen LogP contribution in [0.5, 0.6) is 0 Å². The van der Waals surface area contributed by atoms with Crippen LogP contribution < -0.4 is 10.9 Å². The SMILES string of the molecule is Cc1c(C(=O)Nc2ccccc2-c2ccccc2)sc2nc3n(c(=O)c12)CCCCC3. The van der Waals surface area contributed by atoms with E-state index in [0.29, 0.717) is 27.2 Å². The highest BCUT2D eigenvalue weighted by Crippen LogP contribution is 2.31. The predicted molar refractivity (Wildman–Crippen MR) is 126 cm³/mol. The molecule has 0 unspecified atom stereocenters. The number of nitrogens with zero attached hydrogens (tertiary/aromatic N) is 2. The minimum absolute atomic E-state index is 0.0145. The van der Waals surface area contributed by atoms with Gasteiger partial charge < -0.3 is 5.32 Å². The number of hydrogen-bond acceptors (Lipinski definition) is 4. The zero-order valence-corrected chi connectivity index (χ0v) is 18.2. The Balaban J connectivity index is 1.54. The first-order valence-electron chi connectivity index (χ1n) is 10.6. The number of carbonyl (C=O) groups is 1. The minimum Gasteiger partial charge on any atom is -0.321 e. The van der Waals surface area contributed by atoms with E-state index in [4.69, 9.17) is 4.98 Å². The highest BCUT2D eigenvalue weighted by molar-refractivity contribution is 7.20. The van der Waals surface area contributed by atoms with Crippen molar-refractivity contribution in [2.45, 2.75) is 39.2 Å². The van der Waals surface area contributed by atoms with E-state index in [9.17, 15) is 9.59 Å². The fraction of sp³-hybridized carbons (Fsp3) is 0.240. The predicted octanol–water partition coefficient (Wildman–Crippen LogP) is 5.41. The van der Waals surface area contributed by atoms with Gasteiger partial charge in [0.25, 0.3) is 11.5 Å². The molecule has 0 saturated heterocycles. The van der Waals surface area contributed by atoms with Crippen LogP contribution >= 0.6 is 11.3 Å². The smallest absolute Gasteiger partial charge is 0.266 e. The van der Waals surface area contributed by atoms with E-state index in [1.54, 1.807) is 4.57 Å². The number of carbonyl (C=O) groups excluding carboxylic acids is 1. The molecule has 4 aromatic rings. The van der Waals surface area contributed by atoms with E-state index in [1.165, 1.54) is 11.3 Å². The fourth-order valence-corrected chi connectivity index (χ4v) is 5.35. The summed E-state index contributed by atoms with van der Waals surface area (Å²) in [6.07, 6.45) is 3.97. The summed E-state index contributed by atoms with van der Waals surface area (Å²) in [5.74, 6) is 0.640. The molecule has 0 aliphatic carbocycles. The molecule has 1 aliphatic heterocycles. The Hall–Kier alpha value is -3.25. The lowest BCUT2D eigenvalue weighted by Crippen LogP contribution is -2.24. The van der Waals surface area contributed by atoms with Crippen LogP contribution in [0.2, 0.25) is 0 Å². The molecule has 2 aromatic heterocycles. The number of anilines is 1. The Morgan fingerprint density at radius 2 is 1.81 bits per heavy atom.